The summed E-state index contributed by atoms with van der Waals surface area (Å²) in [7, 11) is 0. The van der Waals surface area contributed by atoms with Crippen LogP contribution in [0.15, 0.2) is 41.8 Å². The largest absolute Gasteiger partial charge is 0.389 e. The quantitative estimate of drug-likeness (QED) is 0.875. The molecule has 1 aliphatic carbocycles. The van der Waals surface area contributed by atoms with E-state index in [1.165, 1.54) is 16.0 Å². The molecule has 2 aromatic rings. The number of nitrogens with one attached hydrogen (secondary N) is 1. The predicted molar refractivity (Wildman–Crippen MR) is 80.3 cm³/mol. The molecule has 3 rings (SSSR count). The first-order chi connectivity index (χ1) is 9.25. The van der Waals surface area contributed by atoms with Crippen LogP contribution in [0.25, 0.3) is 11.1 Å². The first-order valence-electron chi connectivity index (χ1n) is 6.81. The van der Waals surface area contributed by atoms with Crippen molar-refractivity contribution in [2.24, 2.45) is 0 Å². The summed E-state index contributed by atoms with van der Waals surface area (Å²) in [6, 6.07) is 12.7. The summed E-state index contributed by atoms with van der Waals surface area (Å²) >= 11 is 1.78. The Morgan fingerprint density at radius 3 is 2.63 bits per heavy atom. The first-order valence-corrected chi connectivity index (χ1v) is 7.69. The third-order valence-corrected chi connectivity index (χ3v) is 4.74. The van der Waals surface area contributed by atoms with E-state index in [1.54, 1.807) is 11.3 Å². The van der Waals surface area contributed by atoms with Gasteiger partial charge in [0.15, 0.2) is 0 Å². The molecule has 0 spiro atoms. The lowest BCUT2D eigenvalue weighted by Gasteiger charge is -2.36. The SMILES string of the molecule is OC1(CNCc2cc(-c3ccccc3)cs2)CCC1. The smallest absolute Gasteiger partial charge is 0.0771 e. The maximum atomic E-state index is 10.0. The van der Waals surface area contributed by atoms with E-state index in [2.05, 4.69) is 41.0 Å². The van der Waals surface area contributed by atoms with Crippen molar-refractivity contribution >= 4 is 11.3 Å². The van der Waals surface area contributed by atoms with Crippen LogP contribution in [-0.2, 0) is 6.54 Å². The molecule has 0 atom stereocenters. The zero-order valence-corrected chi connectivity index (χ0v) is 11.7. The Kier molecular flexibility index (Phi) is 3.69. The number of rotatable bonds is 5. The number of hydrogen-bond acceptors (Lipinski definition) is 3. The molecular weight excluding hydrogens is 254 g/mol. The summed E-state index contributed by atoms with van der Waals surface area (Å²) in [4.78, 5) is 1.32. The van der Waals surface area contributed by atoms with Gasteiger partial charge >= 0.3 is 0 Å². The number of hydrogen-bond donors (Lipinski definition) is 2. The minimum atomic E-state index is -0.431. The third-order valence-electron chi connectivity index (χ3n) is 3.80. The van der Waals surface area contributed by atoms with Crippen molar-refractivity contribution in [2.45, 2.75) is 31.4 Å². The first kappa shape index (κ1) is 12.9. The average molecular weight is 273 g/mol. The summed E-state index contributed by atoms with van der Waals surface area (Å²) in [5, 5.41) is 15.6. The molecule has 1 aromatic heterocycles. The summed E-state index contributed by atoms with van der Waals surface area (Å²) in [6.07, 6.45) is 3.05. The lowest BCUT2D eigenvalue weighted by molar-refractivity contribution is -0.0314. The molecule has 0 bridgehead atoms. The van der Waals surface area contributed by atoms with Crippen molar-refractivity contribution in [1.29, 1.82) is 0 Å². The molecule has 1 aliphatic rings. The highest BCUT2D eigenvalue weighted by Crippen LogP contribution is 2.31. The molecule has 2 nitrogen and oxygen atoms in total. The average Bonchev–Trinajstić information content (AvgIpc) is 2.87. The van der Waals surface area contributed by atoms with Crippen LogP contribution in [-0.4, -0.2) is 17.3 Å². The molecular formula is C16H19NOS. The fraction of sp³-hybridized carbons (Fsp3) is 0.375. The van der Waals surface area contributed by atoms with Gasteiger partial charge in [0.05, 0.1) is 5.60 Å². The summed E-state index contributed by atoms with van der Waals surface area (Å²) in [5.41, 5.74) is 2.12. The maximum absolute atomic E-state index is 10.0. The Bertz CT molecular complexity index is 531. The van der Waals surface area contributed by atoms with Gasteiger partial charge in [0.1, 0.15) is 0 Å². The predicted octanol–water partition coefficient (Wildman–Crippen LogP) is 3.42. The minimum absolute atomic E-state index is 0.431. The van der Waals surface area contributed by atoms with Gasteiger partial charge in [0, 0.05) is 18.0 Å². The third kappa shape index (κ3) is 3.06. The Labute approximate surface area is 118 Å². The van der Waals surface area contributed by atoms with E-state index < -0.39 is 5.60 Å². The van der Waals surface area contributed by atoms with E-state index in [4.69, 9.17) is 0 Å². The van der Waals surface area contributed by atoms with Crippen LogP contribution in [0.3, 0.4) is 0 Å². The Balaban J connectivity index is 1.56. The van der Waals surface area contributed by atoms with E-state index >= 15 is 0 Å². The second-order valence-electron chi connectivity index (χ2n) is 5.35. The number of benzene rings is 1. The zero-order chi connectivity index (χ0) is 13.1. The van der Waals surface area contributed by atoms with Gasteiger partial charge in [-0.1, -0.05) is 30.3 Å². The van der Waals surface area contributed by atoms with Crippen molar-refractivity contribution in [3.8, 4) is 11.1 Å². The topological polar surface area (TPSA) is 32.3 Å². The molecule has 1 fully saturated rings. The van der Waals surface area contributed by atoms with Gasteiger partial charge in [-0.05, 0) is 41.8 Å². The monoisotopic (exact) mass is 273 g/mol. The lowest BCUT2D eigenvalue weighted by atomic mass is 9.80. The van der Waals surface area contributed by atoms with Crippen molar-refractivity contribution < 1.29 is 5.11 Å². The second kappa shape index (κ2) is 5.45. The van der Waals surface area contributed by atoms with Crippen molar-refractivity contribution in [2.75, 3.05) is 6.54 Å². The molecule has 0 aliphatic heterocycles. The fourth-order valence-corrected chi connectivity index (χ4v) is 3.30. The Morgan fingerprint density at radius 1 is 1.16 bits per heavy atom. The Morgan fingerprint density at radius 2 is 1.95 bits per heavy atom. The molecule has 1 aromatic carbocycles. The molecule has 1 saturated carbocycles. The van der Waals surface area contributed by atoms with Crippen molar-refractivity contribution in [3.05, 3.63) is 46.7 Å². The van der Waals surface area contributed by atoms with Crippen LogP contribution in [0, 0.1) is 0 Å². The molecule has 1 heterocycles. The highest BCUT2D eigenvalue weighted by atomic mass is 32.1. The van der Waals surface area contributed by atoms with Gasteiger partial charge in [-0.15, -0.1) is 11.3 Å². The molecule has 0 unspecified atom stereocenters. The fourth-order valence-electron chi connectivity index (χ4n) is 2.44. The van der Waals surface area contributed by atoms with Gasteiger partial charge in [-0.3, -0.25) is 0 Å². The highest BCUT2D eigenvalue weighted by Gasteiger charge is 2.33. The lowest BCUT2D eigenvalue weighted by Crippen LogP contribution is -2.45. The van der Waals surface area contributed by atoms with Crippen LogP contribution < -0.4 is 5.32 Å². The molecule has 0 amide bonds. The van der Waals surface area contributed by atoms with Gasteiger partial charge in [-0.25, -0.2) is 0 Å². The number of aliphatic hydroxyl groups is 1. The summed E-state index contributed by atoms with van der Waals surface area (Å²) in [6.45, 7) is 1.56. The minimum Gasteiger partial charge on any atom is -0.389 e. The van der Waals surface area contributed by atoms with E-state index in [-0.39, 0.29) is 0 Å². The maximum Gasteiger partial charge on any atom is 0.0771 e. The van der Waals surface area contributed by atoms with E-state index in [0.717, 1.165) is 25.8 Å². The van der Waals surface area contributed by atoms with Crippen LogP contribution in [0.2, 0.25) is 0 Å². The van der Waals surface area contributed by atoms with Gasteiger partial charge in [-0.2, -0.15) is 0 Å². The molecule has 0 saturated heterocycles. The molecule has 100 valence electrons. The van der Waals surface area contributed by atoms with Gasteiger partial charge < -0.3 is 10.4 Å². The van der Waals surface area contributed by atoms with Crippen LogP contribution in [0.4, 0.5) is 0 Å². The van der Waals surface area contributed by atoms with Crippen LogP contribution in [0.1, 0.15) is 24.1 Å². The van der Waals surface area contributed by atoms with E-state index in [0.29, 0.717) is 6.54 Å². The second-order valence-corrected chi connectivity index (χ2v) is 6.34. The van der Waals surface area contributed by atoms with Crippen molar-refractivity contribution in [3.63, 3.8) is 0 Å². The van der Waals surface area contributed by atoms with Crippen LogP contribution in [0.5, 0.6) is 0 Å². The number of thiophene rings is 1. The highest BCUT2D eigenvalue weighted by molar-refractivity contribution is 7.10. The van der Waals surface area contributed by atoms with E-state index in [1.807, 2.05) is 6.07 Å². The van der Waals surface area contributed by atoms with Crippen molar-refractivity contribution in [1.82, 2.24) is 5.32 Å². The van der Waals surface area contributed by atoms with E-state index in [9.17, 15) is 5.11 Å². The summed E-state index contributed by atoms with van der Waals surface area (Å²) < 4.78 is 0. The van der Waals surface area contributed by atoms with Gasteiger partial charge in [0.2, 0.25) is 0 Å². The zero-order valence-electron chi connectivity index (χ0n) is 10.9. The van der Waals surface area contributed by atoms with Crippen LogP contribution >= 0.6 is 11.3 Å². The summed E-state index contributed by atoms with van der Waals surface area (Å²) in [5.74, 6) is 0. The molecule has 3 heteroatoms. The molecule has 0 radical (unpaired) electrons. The standard InChI is InChI=1S/C16H19NOS/c18-16(7-4-8-16)12-17-10-15-9-14(11-19-15)13-5-2-1-3-6-13/h1-3,5-6,9,11,17-18H,4,7-8,10,12H2. The van der Waals surface area contributed by atoms with Gasteiger partial charge in [0.25, 0.3) is 0 Å². The Hall–Kier alpha value is -1.16. The normalized spacial score (nSPS) is 17.1. The molecule has 19 heavy (non-hydrogen) atoms. The molecule has 2 N–H and O–H groups in total.